The van der Waals surface area contributed by atoms with Crippen LogP contribution >= 0.6 is 0 Å². The van der Waals surface area contributed by atoms with E-state index in [1.54, 1.807) is 8.87 Å². The van der Waals surface area contributed by atoms with E-state index >= 15 is 0 Å². The second-order valence-corrected chi connectivity index (χ2v) is 17.5. The van der Waals surface area contributed by atoms with Crippen LogP contribution in [0.2, 0.25) is 8.87 Å². The summed E-state index contributed by atoms with van der Waals surface area (Å²) in [7, 11) is 4.72. The van der Waals surface area contributed by atoms with E-state index in [1.165, 1.54) is 32.4 Å². The minimum atomic E-state index is -1.91. The van der Waals surface area contributed by atoms with Gasteiger partial charge < -0.3 is 0 Å². The minimum absolute atomic E-state index is 1.24. The molecule has 0 aromatic rings. The van der Waals surface area contributed by atoms with Gasteiger partial charge in [-0.15, -0.1) is 0 Å². The summed E-state index contributed by atoms with van der Waals surface area (Å²) < 4.78 is 8.58. The molecule has 0 aromatic carbocycles. The first-order chi connectivity index (χ1) is 6.67. The van der Waals surface area contributed by atoms with E-state index in [2.05, 4.69) is 34.2 Å². The molecule has 1 rings (SSSR count). The van der Waals surface area contributed by atoms with Gasteiger partial charge in [0.05, 0.1) is 0 Å². The van der Waals surface area contributed by atoms with E-state index in [0.717, 1.165) is 0 Å². The Morgan fingerprint density at radius 1 is 0.929 bits per heavy atom. The van der Waals surface area contributed by atoms with Gasteiger partial charge in [0, 0.05) is 0 Å². The Morgan fingerprint density at radius 2 is 1.36 bits per heavy atom. The fourth-order valence-electron chi connectivity index (χ4n) is 2.60. The molecule has 0 spiro atoms. The predicted octanol–water partition coefficient (Wildman–Crippen LogP) is 2.86. The van der Waals surface area contributed by atoms with Gasteiger partial charge in [-0.05, 0) is 0 Å². The van der Waals surface area contributed by atoms with E-state index in [1.807, 2.05) is 0 Å². The molecule has 0 radical (unpaired) electrons. The third-order valence-corrected chi connectivity index (χ3v) is 19.2. The Bertz CT molecular complexity index is 155. The Hall–Kier alpha value is 0.719. The first-order valence-electron chi connectivity index (χ1n) is 6.10. The summed E-state index contributed by atoms with van der Waals surface area (Å²) in [5.74, 6) is 0. The SMILES string of the molecule is CCC[CH2][Sn]1([CH2]CCC)[N](C)C[N]1C. The van der Waals surface area contributed by atoms with Gasteiger partial charge in [-0.1, -0.05) is 0 Å². The molecule has 0 atom stereocenters. The zero-order valence-electron chi connectivity index (χ0n) is 10.3. The topological polar surface area (TPSA) is 6.48 Å². The monoisotopic (exact) mass is 306 g/mol. The molecule has 1 aliphatic rings. The van der Waals surface area contributed by atoms with Crippen LogP contribution in [0.25, 0.3) is 0 Å². The van der Waals surface area contributed by atoms with Crippen LogP contribution in [0.3, 0.4) is 0 Å². The molecule has 0 unspecified atom stereocenters. The van der Waals surface area contributed by atoms with E-state index in [4.69, 9.17) is 0 Å². The zero-order valence-corrected chi connectivity index (χ0v) is 13.2. The van der Waals surface area contributed by atoms with Crippen molar-refractivity contribution in [2.75, 3.05) is 20.8 Å². The van der Waals surface area contributed by atoms with E-state index < -0.39 is 18.9 Å². The summed E-state index contributed by atoms with van der Waals surface area (Å²) in [6.45, 7) is 5.87. The van der Waals surface area contributed by atoms with Gasteiger partial charge in [-0.2, -0.15) is 0 Å². The van der Waals surface area contributed by atoms with E-state index in [-0.39, 0.29) is 0 Å². The molecule has 1 saturated heterocycles. The molecule has 1 aliphatic heterocycles. The summed E-state index contributed by atoms with van der Waals surface area (Å²) in [6.07, 6.45) is 5.64. The molecule has 2 nitrogen and oxygen atoms in total. The first kappa shape index (κ1) is 12.8. The Labute approximate surface area is 94.2 Å². The second kappa shape index (κ2) is 5.71. The van der Waals surface area contributed by atoms with Crippen molar-refractivity contribution in [1.82, 2.24) is 6.24 Å². The standard InChI is InChI=1S/2C4H9.C3H8N2.Sn/c2*1-3-4-2;1-4-3-5-2;/h2*1,3-4H2,2H3;3H2,1-2H3;/q;;-2;+2. The van der Waals surface area contributed by atoms with Crippen LogP contribution in [0.4, 0.5) is 0 Å². The fraction of sp³-hybridized carbons (Fsp3) is 1.00. The van der Waals surface area contributed by atoms with E-state index in [0.29, 0.717) is 0 Å². The third kappa shape index (κ3) is 2.45. The number of rotatable bonds is 6. The van der Waals surface area contributed by atoms with Gasteiger partial charge in [-0.25, -0.2) is 0 Å². The number of hydrogen-bond acceptors (Lipinski definition) is 2. The Morgan fingerprint density at radius 3 is 1.64 bits per heavy atom. The van der Waals surface area contributed by atoms with Crippen molar-refractivity contribution in [1.29, 1.82) is 0 Å². The molecule has 3 heteroatoms. The van der Waals surface area contributed by atoms with Crippen molar-refractivity contribution >= 4 is 18.9 Å². The van der Waals surface area contributed by atoms with Crippen LogP contribution in [0.1, 0.15) is 39.5 Å². The summed E-state index contributed by atoms with van der Waals surface area (Å²) in [4.78, 5) is 0. The summed E-state index contributed by atoms with van der Waals surface area (Å²) in [6, 6.07) is 0. The number of nitrogens with zero attached hydrogens (tertiary/aromatic N) is 2. The molecule has 0 aliphatic carbocycles. The maximum atomic E-state index is 2.74. The van der Waals surface area contributed by atoms with Crippen LogP contribution in [-0.4, -0.2) is 45.9 Å². The molecule has 0 aromatic heterocycles. The van der Waals surface area contributed by atoms with Gasteiger partial charge in [0.25, 0.3) is 0 Å². The quantitative estimate of drug-likeness (QED) is 0.696. The van der Waals surface area contributed by atoms with Crippen molar-refractivity contribution in [3.8, 4) is 0 Å². The fourth-order valence-corrected chi connectivity index (χ4v) is 16.7. The van der Waals surface area contributed by atoms with Crippen molar-refractivity contribution in [3.05, 3.63) is 0 Å². The van der Waals surface area contributed by atoms with Crippen molar-refractivity contribution in [2.45, 2.75) is 48.4 Å². The molecule has 84 valence electrons. The maximum absolute atomic E-state index is 2.74. The Balaban J connectivity index is 2.50. The van der Waals surface area contributed by atoms with Crippen LogP contribution in [0.5, 0.6) is 0 Å². The molecule has 0 amide bonds. The van der Waals surface area contributed by atoms with Crippen molar-refractivity contribution < 1.29 is 0 Å². The van der Waals surface area contributed by atoms with Crippen LogP contribution in [0.15, 0.2) is 0 Å². The second-order valence-electron chi connectivity index (χ2n) is 4.73. The average Bonchev–Trinajstić information content (AvgIpc) is 2.18. The third-order valence-electron chi connectivity index (χ3n) is 3.71. The molecule has 14 heavy (non-hydrogen) atoms. The van der Waals surface area contributed by atoms with Crippen LogP contribution in [-0.2, 0) is 0 Å². The summed E-state index contributed by atoms with van der Waals surface area (Å²) in [5.41, 5.74) is 0. The van der Waals surface area contributed by atoms with Crippen molar-refractivity contribution in [3.63, 3.8) is 0 Å². The number of unbranched alkanes of at least 4 members (excludes halogenated alkanes) is 2. The van der Waals surface area contributed by atoms with Gasteiger partial charge >= 0.3 is 94.3 Å². The molecular weight excluding hydrogens is 279 g/mol. The van der Waals surface area contributed by atoms with Gasteiger partial charge in [0.1, 0.15) is 0 Å². The predicted molar refractivity (Wildman–Crippen MR) is 65.6 cm³/mol. The first-order valence-corrected chi connectivity index (χ1v) is 12.7. The average molecular weight is 305 g/mol. The normalized spacial score (nSPS) is 22.3. The zero-order chi connectivity index (χ0) is 10.6. The molecule has 0 bridgehead atoms. The van der Waals surface area contributed by atoms with E-state index in [9.17, 15) is 0 Å². The van der Waals surface area contributed by atoms with Crippen molar-refractivity contribution in [2.24, 2.45) is 0 Å². The van der Waals surface area contributed by atoms with Gasteiger partial charge in [-0.3, -0.25) is 0 Å². The molecular formula is C11H26N2Sn. The summed E-state index contributed by atoms with van der Waals surface area (Å²) >= 11 is -1.91. The van der Waals surface area contributed by atoms with Gasteiger partial charge in [0.15, 0.2) is 0 Å². The molecule has 1 heterocycles. The molecule has 0 saturated carbocycles. The number of hydrogen-bond donors (Lipinski definition) is 0. The van der Waals surface area contributed by atoms with Crippen LogP contribution < -0.4 is 0 Å². The molecule has 0 N–H and O–H groups in total. The summed E-state index contributed by atoms with van der Waals surface area (Å²) in [5, 5.41) is 0. The Kier molecular flexibility index (Phi) is 5.21. The molecule has 1 fully saturated rings. The van der Waals surface area contributed by atoms with Gasteiger partial charge in [0.2, 0.25) is 0 Å². The van der Waals surface area contributed by atoms with Crippen LogP contribution in [0, 0.1) is 0 Å².